The van der Waals surface area contributed by atoms with Crippen molar-refractivity contribution in [2.24, 2.45) is 0 Å². The molecule has 1 heterocycles. The maximum atomic E-state index is 13.2. The van der Waals surface area contributed by atoms with Gasteiger partial charge in [-0.25, -0.2) is 4.39 Å². The molecule has 0 radical (unpaired) electrons. The van der Waals surface area contributed by atoms with E-state index in [1.54, 1.807) is 21.9 Å². The van der Waals surface area contributed by atoms with Crippen molar-refractivity contribution in [2.45, 2.75) is 32.4 Å². The predicted molar refractivity (Wildman–Crippen MR) is 79.7 cm³/mol. The van der Waals surface area contributed by atoms with Crippen molar-refractivity contribution in [3.05, 3.63) is 35.6 Å². The lowest BCUT2D eigenvalue weighted by Gasteiger charge is -2.26. The molecule has 1 unspecified atom stereocenters. The lowest BCUT2D eigenvalue weighted by molar-refractivity contribution is -0.143. The molecule has 2 rings (SSSR count). The summed E-state index contributed by atoms with van der Waals surface area (Å²) in [5, 5.41) is 9.15. The number of likely N-dealkylation sites (N-methyl/N-ethyl adjacent to an activating group) is 1. The van der Waals surface area contributed by atoms with Gasteiger partial charge in [-0.15, -0.1) is 0 Å². The second-order valence-corrected chi connectivity index (χ2v) is 5.50. The van der Waals surface area contributed by atoms with Crippen LogP contribution in [-0.4, -0.2) is 52.5 Å². The van der Waals surface area contributed by atoms with Crippen LogP contribution in [0.15, 0.2) is 24.3 Å². The highest BCUT2D eigenvalue weighted by Crippen LogP contribution is 2.17. The largest absolute Gasteiger partial charge is 0.480 e. The summed E-state index contributed by atoms with van der Waals surface area (Å²) in [6.07, 6.45) is 1.37. The fraction of sp³-hybridized carbons (Fsp3) is 0.500. The first-order chi connectivity index (χ1) is 10.5. The Morgan fingerprint density at radius 1 is 1.45 bits per heavy atom. The van der Waals surface area contributed by atoms with Crippen molar-refractivity contribution in [1.29, 1.82) is 0 Å². The van der Waals surface area contributed by atoms with Gasteiger partial charge in [-0.1, -0.05) is 12.1 Å². The van der Waals surface area contributed by atoms with Crippen LogP contribution < -0.4 is 0 Å². The molecule has 22 heavy (non-hydrogen) atoms. The minimum atomic E-state index is -0.876. The molecule has 1 aromatic carbocycles. The average molecular weight is 308 g/mol. The van der Waals surface area contributed by atoms with Gasteiger partial charge in [-0.3, -0.25) is 14.5 Å². The SMILES string of the molecule is CCN(Cc1cccc(F)c1)C(=O)CN1CCCC1C(=O)O. The monoisotopic (exact) mass is 308 g/mol. The maximum Gasteiger partial charge on any atom is 0.320 e. The molecule has 0 aromatic heterocycles. The van der Waals surface area contributed by atoms with Crippen molar-refractivity contribution in [2.75, 3.05) is 19.6 Å². The van der Waals surface area contributed by atoms with Crippen molar-refractivity contribution in [1.82, 2.24) is 9.80 Å². The highest BCUT2D eigenvalue weighted by Gasteiger charge is 2.32. The van der Waals surface area contributed by atoms with E-state index >= 15 is 0 Å². The first-order valence-corrected chi connectivity index (χ1v) is 7.50. The van der Waals surface area contributed by atoms with Gasteiger partial charge in [0.2, 0.25) is 5.91 Å². The van der Waals surface area contributed by atoms with E-state index in [-0.39, 0.29) is 18.3 Å². The van der Waals surface area contributed by atoms with Crippen LogP contribution in [0.4, 0.5) is 4.39 Å². The Labute approximate surface area is 129 Å². The van der Waals surface area contributed by atoms with Crippen LogP contribution in [0.2, 0.25) is 0 Å². The third kappa shape index (κ3) is 4.04. The van der Waals surface area contributed by atoms with Gasteiger partial charge in [0.25, 0.3) is 0 Å². The topological polar surface area (TPSA) is 60.9 Å². The lowest BCUT2D eigenvalue weighted by Crippen LogP contribution is -2.44. The van der Waals surface area contributed by atoms with Crippen LogP contribution >= 0.6 is 0 Å². The zero-order valence-electron chi connectivity index (χ0n) is 12.7. The third-order valence-electron chi connectivity index (χ3n) is 3.98. The fourth-order valence-electron chi connectivity index (χ4n) is 2.80. The van der Waals surface area contributed by atoms with Crippen molar-refractivity contribution < 1.29 is 19.1 Å². The number of halogens is 1. The first kappa shape index (κ1) is 16.4. The molecule has 1 aromatic rings. The molecule has 0 saturated carbocycles. The molecule has 5 nitrogen and oxygen atoms in total. The van der Waals surface area contributed by atoms with E-state index in [2.05, 4.69) is 0 Å². The van der Waals surface area contributed by atoms with Crippen LogP contribution in [0.3, 0.4) is 0 Å². The summed E-state index contributed by atoms with van der Waals surface area (Å²) < 4.78 is 13.2. The summed E-state index contributed by atoms with van der Waals surface area (Å²) in [6.45, 7) is 3.41. The zero-order valence-corrected chi connectivity index (χ0v) is 12.7. The number of amides is 1. The molecule has 1 amide bonds. The van der Waals surface area contributed by atoms with Crippen molar-refractivity contribution >= 4 is 11.9 Å². The quantitative estimate of drug-likeness (QED) is 0.869. The van der Waals surface area contributed by atoms with E-state index in [1.807, 2.05) is 6.92 Å². The number of carbonyl (C=O) groups excluding carboxylic acids is 1. The van der Waals surface area contributed by atoms with Gasteiger partial charge in [-0.2, -0.15) is 0 Å². The molecular formula is C16H21FN2O3. The number of likely N-dealkylation sites (tertiary alicyclic amines) is 1. The Kier molecular flexibility index (Phi) is 5.49. The number of carboxylic acid groups (broad SMARTS) is 1. The second-order valence-electron chi connectivity index (χ2n) is 5.50. The Morgan fingerprint density at radius 3 is 2.86 bits per heavy atom. The van der Waals surface area contributed by atoms with Crippen molar-refractivity contribution in [3.8, 4) is 0 Å². The zero-order chi connectivity index (χ0) is 16.1. The lowest BCUT2D eigenvalue weighted by atomic mass is 10.2. The second kappa shape index (κ2) is 7.35. The molecule has 1 aliphatic heterocycles. The highest BCUT2D eigenvalue weighted by atomic mass is 19.1. The summed E-state index contributed by atoms with van der Waals surface area (Å²) in [5.74, 6) is -1.33. The van der Waals surface area contributed by atoms with Gasteiger partial charge in [-0.05, 0) is 44.0 Å². The number of benzene rings is 1. The normalized spacial score (nSPS) is 18.4. The van der Waals surface area contributed by atoms with E-state index in [1.165, 1.54) is 12.1 Å². The summed E-state index contributed by atoms with van der Waals surface area (Å²) in [4.78, 5) is 26.9. The Hall–Kier alpha value is -1.95. The standard InChI is InChI=1S/C16H21FN2O3/c1-2-18(10-12-5-3-6-13(17)9-12)15(20)11-19-8-4-7-14(19)16(21)22/h3,5-6,9,14H,2,4,7-8,10-11H2,1H3,(H,21,22). The van der Waals surface area contributed by atoms with Gasteiger partial charge in [0.05, 0.1) is 6.54 Å². The predicted octanol–water partition coefficient (Wildman–Crippen LogP) is 1.72. The Balaban J connectivity index is 1.98. The van der Waals surface area contributed by atoms with Gasteiger partial charge in [0, 0.05) is 13.1 Å². The highest BCUT2D eigenvalue weighted by molar-refractivity contribution is 5.80. The molecule has 0 bridgehead atoms. The van der Waals surface area contributed by atoms with Gasteiger partial charge in [0.1, 0.15) is 11.9 Å². The minimum Gasteiger partial charge on any atom is -0.480 e. The van der Waals surface area contributed by atoms with Crippen LogP contribution in [0.1, 0.15) is 25.3 Å². The summed E-state index contributed by atoms with van der Waals surface area (Å²) in [6, 6.07) is 5.59. The number of carboxylic acids is 1. The number of hydrogen-bond acceptors (Lipinski definition) is 3. The van der Waals surface area contributed by atoms with E-state index < -0.39 is 12.0 Å². The van der Waals surface area contributed by atoms with Gasteiger partial charge < -0.3 is 10.0 Å². The number of nitrogens with zero attached hydrogens (tertiary/aromatic N) is 2. The van der Waals surface area contributed by atoms with Crippen LogP contribution in [0.25, 0.3) is 0 Å². The molecule has 1 saturated heterocycles. The fourth-order valence-corrected chi connectivity index (χ4v) is 2.80. The van der Waals surface area contributed by atoms with E-state index in [9.17, 15) is 14.0 Å². The number of rotatable bonds is 6. The third-order valence-corrected chi connectivity index (χ3v) is 3.98. The molecule has 1 aliphatic rings. The summed E-state index contributed by atoms with van der Waals surface area (Å²) >= 11 is 0. The number of aliphatic carboxylic acids is 1. The molecule has 6 heteroatoms. The Morgan fingerprint density at radius 2 is 2.23 bits per heavy atom. The first-order valence-electron chi connectivity index (χ1n) is 7.50. The maximum absolute atomic E-state index is 13.2. The van der Waals surface area contributed by atoms with Gasteiger partial charge >= 0.3 is 5.97 Å². The molecule has 0 aliphatic carbocycles. The van der Waals surface area contributed by atoms with Crippen LogP contribution in [-0.2, 0) is 16.1 Å². The van der Waals surface area contributed by atoms with Crippen LogP contribution in [0, 0.1) is 5.82 Å². The summed E-state index contributed by atoms with van der Waals surface area (Å²) in [5.41, 5.74) is 0.728. The van der Waals surface area contributed by atoms with Crippen molar-refractivity contribution in [3.63, 3.8) is 0 Å². The molecule has 120 valence electrons. The number of hydrogen-bond donors (Lipinski definition) is 1. The van der Waals surface area contributed by atoms with E-state index in [0.29, 0.717) is 26.1 Å². The van der Waals surface area contributed by atoms with Crippen LogP contribution in [0.5, 0.6) is 0 Å². The van der Waals surface area contributed by atoms with Gasteiger partial charge in [0.15, 0.2) is 0 Å². The molecule has 1 N–H and O–H groups in total. The minimum absolute atomic E-state index is 0.0973. The summed E-state index contributed by atoms with van der Waals surface area (Å²) in [7, 11) is 0. The molecule has 1 atom stereocenters. The molecular weight excluding hydrogens is 287 g/mol. The average Bonchev–Trinajstić information content (AvgIpc) is 2.93. The van der Waals surface area contributed by atoms with E-state index in [4.69, 9.17) is 5.11 Å². The molecule has 1 fully saturated rings. The Bertz CT molecular complexity index is 550. The smallest absolute Gasteiger partial charge is 0.320 e. The van der Waals surface area contributed by atoms with E-state index in [0.717, 1.165) is 12.0 Å². The molecule has 0 spiro atoms. The number of carbonyl (C=O) groups is 2.